The lowest BCUT2D eigenvalue weighted by atomic mass is 10.1. The number of terminal acetylenes is 1. The minimum absolute atomic E-state index is 0.270. The summed E-state index contributed by atoms with van der Waals surface area (Å²) in [6.07, 6.45) is 4.30. The summed E-state index contributed by atoms with van der Waals surface area (Å²) in [5.74, 6) is 2.65. The second-order valence-electron chi connectivity index (χ2n) is 6.22. The lowest BCUT2D eigenvalue weighted by Gasteiger charge is -2.23. The first-order valence-electron chi connectivity index (χ1n) is 8.73. The van der Waals surface area contributed by atoms with E-state index < -0.39 is 6.10 Å². The Kier molecular flexibility index (Phi) is 6.82. The predicted molar refractivity (Wildman–Crippen MR) is 99.4 cm³/mol. The van der Waals surface area contributed by atoms with E-state index in [-0.39, 0.29) is 18.3 Å². The van der Waals surface area contributed by atoms with Gasteiger partial charge in [-0.25, -0.2) is 0 Å². The molecule has 0 bridgehead atoms. The summed E-state index contributed by atoms with van der Waals surface area (Å²) in [4.78, 5) is 0. The van der Waals surface area contributed by atoms with Crippen molar-refractivity contribution in [1.82, 2.24) is 0 Å². The van der Waals surface area contributed by atoms with Gasteiger partial charge < -0.3 is 18.9 Å². The zero-order valence-corrected chi connectivity index (χ0v) is 14.9. The molecule has 136 valence electrons. The molecule has 1 aliphatic heterocycles. The van der Waals surface area contributed by atoms with E-state index in [2.05, 4.69) is 5.92 Å². The van der Waals surface area contributed by atoms with Gasteiger partial charge in [0.2, 0.25) is 0 Å². The summed E-state index contributed by atoms with van der Waals surface area (Å²) in [5.41, 5.74) is 2.21. The van der Waals surface area contributed by atoms with Gasteiger partial charge in [-0.1, -0.05) is 66.6 Å². The predicted octanol–water partition coefficient (Wildman–Crippen LogP) is 3.20. The second-order valence-corrected chi connectivity index (χ2v) is 6.22. The molecule has 3 rings (SSSR count). The van der Waals surface area contributed by atoms with E-state index in [1.165, 1.54) is 0 Å². The van der Waals surface area contributed by atoms with Crippen LogP contribution in [0, 0.1) is 12.3 Å². The standard InChI is InChI=1S/C22H24O4/c1-3-19-21(23-2)22(25-15-18-12-8-5-9-13-18)20(26-19)16-24-14-17-10-6-4-7-11-17/h1,4-13,19-22H,14-16H2,2H3/t19-,20-,21+,22-/m1/s1. The number of rotatable bonds is 8. The lowest BCUT2D eigenvalue weighted by molar-refractivity contribution is -0.0800. The van der Waals surface area contributed by atoms with Gasteiger partial charge in [-0.05, 0) is 11.1 Å². The topological polar surface area (TPSA) is 36.9 Å². The highest BCUT2D eigenvalue weighted by atomic mass is 16.6. The Bertz CT molecular complexity index is 695. The molecule has 0 aromatic heterocycles. The summed E-state index contributed by atoms with van der Waals surface area (Å²) in [7, 11) is 1.63. The maximum atomic E-state index is 6.11. The van der Waals surface area contributed by atoms with E-state index in [1.54, 1.807) is 7.11 Å². The monoisotopic (exact) mass is 352 g/mol. The van der Waals surface area contributed by atoms with Crippen molar-refractivity contribution in [2.45, 2.75) is 37.6 Å². The average molecular weight is 352 g/mol. The molecule has 4 heteroatoms. The van der Waals surface area contributed by atoms with Crippen molar-refractivity contribution in [1.29, 1.82) is 0 Å². The van der Waals surface area contributed by atoms with Crippen molar-refractivity contribution in [2.75, 3.05) is 13.7 Å². The van der Waals surface area contributed by atoms with Crippen LogP contribution in [-0.2, 0) is 32.2 Å². The summed E-state index contributed by atoms with van der Waals surface area (Å²) in [6, 6.07) is 20.0. The van der Waals surface area contributed by atoms with Crippen molar-refractivity contribution in [3.05, 3.63) is 71.8 Å². The SMILES string of the molecule is C#C[C@H]1O[C@H](COCc2ccccc2)[C@@H](OCc2ccccc2)[C@H]1OC. The van der Waals surface area contributed by atoms with E-state index in [1.807, 2.05) is 60.7 Å². The lowest BCUT2D eigenvalue weighted by Crippen LogP contribution is -2.38. The molecule has 1 aliphatic rings. The number of benzene rings is 2. The first kappa shape index (κ1) is 18.6. The quantitative estimate of drug-likeness (QED) is 0.684. The van der Waals surface area contributed by atoms with Crippen LogP contribution < -0.4 is 0 Å². The van der Waals surface area contributed by atoms with Crippen LogP contribution >= 0.6 is 0 Å². The fourth-order valence-corrected chi connectivity index (χ4v) is 3.09. The van der Waals surface area contributed by atoms with E-state index >= 15 is 0 Å². The van der Waals surface area contributed by atoms with Crippen molar-refractivity contribution >= 4 is 0 Å². The third-order valence-corrected chi connectivity index (χ3v) is 4.43. The molecule has 26 heavy (non-hydrogen) atoms. The van der Waals surface area contributed by atoms with E-state index in [9.17, 15) is 0 Å². The average Bonchev–Trinajstić information content (AvgIpc) is 3.04. The number of ether oxygens (including phenoxy) is 4. The van der Waals surface area contributed by atoms with Gasteiger partial charge in [0.15, 0.2) is 0 Å². The van der Waals surface area contributed by atoms with Crippen molar-refractivity contribution in [3.63, 3.8) is 0 Å². The van der Waals surface area contributed by atoms with Gasteiger partial charge in [-0.2, -0.15) is 0 Å². The highest BCUT2D eigenvalue weighted by Crippen LogP contribution is 2.27. The summed E-state index contributed by atoms with van der Waals surface area (Å²) in [5, 5.41) is 0. The molecule has 4 nitrogen and oxygen atoms in total. The van der Waals surface area contributed by atoms with E-state index in [4.69, 9.17) is 25.4 Å². The Hall–Kier alpha value is -2.16. The van der Waals surface area contributed by atoms with Gasteiger partial charge in [0.05, 0.1) is 19.8 Å². The Morgan fingerprint density at radius 2 is 1.54 bits per heavy atom. The number of methoxy groups -OCH3 is 1. The maximum absolute atomic E-state index is 6.11. The third kappa shape index (κ3) is 4.72. The van der Waals surface area contributed by atoms with Gasteiger partial charge in [-0.3, -0.25) is 0 Å². The molecule has 1 saturated heterocycles. The van der Waals surface area contributed by atoms with E-state index in [0.29, 0.717) is 19.8 Å². The zero-order chi connectivity index (χ0) is 18.2. The van der Waals surface area contributed by atoms with Crippen LogP contribution in [0.3, 0.4) is 0 Å². The first-order valence-corrected chi connectivity index (χ1v) is 8.73. The first-order chi connectivity index (χ1) is 12.8. The second kappa shape index (κ2) is 9.51. The summed E-state index contributed by atoms with van der Waals surface area (Å²) in [6.45, 7) is 1.39. The molecule has 0 aliphatic carbocycles. The fraction of sp³-hybridized carbons (Fsp3) is 0.364. The Labute approximate surface area is 155 Å². The van der Waals surface area contributed by atoms with E-state index in [0.717, 1.165) is 11.1 Å². The highest BCUT2D eigenvalue weighted by molar-refractivity contribution is 5.15. The van der Waals surface area contributed by atoms with Gasteiger partial charge in [0.25, 0.3) is 0 Å². The Balaban J connectivity index is 1.60. The van der Waals surface area contributed by atoms with Crippen molar-refractivity contribution < 1.29 is 18.9 Å². The van der Waals surface area contributed by atoms with Crippen molar-refractivity contribution in [3.8, 4) is 12.3 Å². The van der Waals surface area contributed by atoms with Crippen LogP contribution in [0.1, 0.15) is 11.1 Å². The van der Waals surface area contributed by atoms with Gasteiger partial charge in [0, 0.05) is 7.11 Å². The van der Waals surface area contributed by atoms with Crippen LogP contribution in [0.15, 0.2) is 60.7 Å². The molecule has 0 radical (unpaired) electrons. The molecular formula is C22H24O4. The normalized spacial score (nSPS) is 25.1. The molecular weight excluding hydrogens is 328 g/mol. The molecule has 0 amide bonds. The smallest absolute Gasteiger partial charge is 0.147 e. The molecule has 2 aromatic rings. The molecule has 0 N–H and O–H groups in total. The van der Waals surface area contributed by atoms with Crippen LogP contribution in [0.4, 0.5) is 0 Å². The summed E-state index contributed by atoms with van der Waals surface area (Å²) >= 11 is 0. The van der Waals surface area contributed by atoms with Gasteiger partial charge in [-0.15, -0.1) is 6.42 Å². The highest BCUT2D eigenvalue weighted by Gasteiger charge is 2.45. The van der Waals surface area contributed by atoms with Crippen LogP contribution in [0.5, 0.6) is 0 Å². The molecule has 1 fully saturated rings. The molecule has 1 heterocycles. The minimum Gasteiger partial charge on any atom is -0.375 e. The molecule has 0 saturated carbocycles. The fourth-order valence-electron chi connectivity index (χ4n) is 3.09. The maximum Gasteiger partial charge on any atom is 0.147 e. The third-order valence-electron chi connectivity index (χ3n) is 4.43. The van der Waals surface area contributed by atoms with Crippen LogP contribution in [0.25, 0.3) is 0 Å². The van der Waals surface area contributed by atoms with Gasteiger partial charge >= 0.3 is 0 Å². The Morgan fingerprint density at radius 3 is 2.12 bits per heavy atom. The molecule has 2 aromatic carbocycles. The molecule has 4 atom stereocenters. The minimum atomic E-state index is -0.439. The van der Waals surface area contributed by atoms with Crippen LogP contribution in [0.2, 0.25) is 0 Å². The largest absolute Gasteiger partial charge is 0.375 e. The van der Waals surface area contributed by atoms with Crippen molar-refractivity contribution in [2.24, 2.45) is 0 Å². The number of hydrogen-bond donors (Lipinski definition) is 0. The zero-order valence-electron chi connectivity index (χ0n) is 14.9. The Morgan fingerprint density at radius 1 is 0.923 bits per heavy atom. The van der Waals surface area contributed by atoms with Gasteiger partial charge in [0.1, 0.15) is 24.4 Å². The van der Waals surface area contributed by atoms with Crippen LogP contribution in [-0.4, -0.2) is 38.1 Å². The number of hydrogen-bond acceptors (Lipinski definition) is 4. The molecule has 0 spiro atoms. The molecule has 0 unspecified atom stereocenters. The summed E-state index contributed by atoms with van der Waals surface area (Å²) < 4.78 is 23.5.